The van der Waals surface area contributed by atoms with Crippen LogP contribution in [0.5, 0.6) is 0 Å². The topological polar surface area (TPSA) is 29.1 Å². The fourth-order valence-electron chi connectivity index (χ4n) is 1.23. The number of piperidine rings is 1. The third kappa shape index (κ3) is 3.30. The van der Waals surface area contributed by atoms with Crippen LogP contribution in [-0.4, -0.2) is 17.4 Å². The molecule has 12 heavy (non-hydrogen) atoms. The summed E-state index contributed by atoms with van der Waals surface area (Å²) in [6.45, 7) is 3.02. The van der Waals surface area contributed by atoms with Gasteiger partial charge in [-0.15, -0.1) is 0 Å². The Balaban J connectivity index is 2.37. The second kappa shape index (κ2) is 5.25. The summed E-state index contributed by atoms with van der Waals surface area (Å²) in [6, 6.07) is 0. The second-order valence-electron chi connectivity index (χ2n) is 2.81. The SMILES string of the molecule is CCSC(=O)/C=C1/CCCCN1. The van der Waals surface area contributed by atoms with Crippen molar-refractivity contribution in [1.29, 1.82) is 0 Å². The monoisotopic (exact) mass is 185 g/mol. The van der Waals surface area contributed by atoms with Crippen molar-refractivity contribution in [3.8, 4) is 0 Å². The number of hydrogen-bond acceptors (Lipinski definition) is 3. The molecule has 0 saturated carbocycles. The van der Waals surface area contributed by atoms with Crippen LogP contribution in [0.1, 0.15) is 26.2 Å². The summed E-state index contributed by atoms with van der Waals surface area (Å²) >= 11 is 1.37. The molecule has 0 spiro atoms. The Morgan fingerprint density at radius 2 is 2.50 bits per heavy atom. The summed E-state index contributed by atoms with van der Waals surface area (Å²) < 4.78 is 0. The summed E-state index contributed by atoms with van der Waals surface area (Å²) in [6.07, 6.45) is 5.22. The predicted octanol–water partition coefficient (Wildman–Crippen LogP) is 1.92. The zero-order valence-corrected chi connectivity index (χ0v) is 8.25. The number of rotatable bonds is 2. The molecule has 1 N–H and O–H groups in total. The Hall–Kier alpha value is -0.440. The quantitative estimate of drug-likeness (QED) is 0.666. The Bertz CT molecular complexity index is 181. The van der Waals surface area contributed by atoms with Gasteiger partial charge in [0, 0.05) is 18.3 Å². The molecule has 1 heterocycles. The average Bonchev–Trinajstić information content (AvgIpc) is 2.06. The lowest BCUT2D eigenvalue weighted by Gasteiger charge is -2.15. The van der Waals surface area contributed by atoms with E-state index in [4.69, 9.17) is 0 Å². The number of nitrogens with one attached hydrogen (secondary N) is 1. The van der Waals surface area contributed by atoms with Gasteiger partial charge in [0.1, 0.15) is 0 Å². The van der Waals surface area contributed by atoms with Crippen molar-refractivity contribution in [2.24, 2.45) is 0 Å². The predicted molar refractivity (Wildman–Crippen MR) is 53.1 cm³/mol. The van der Waals surface area contributed by atoms with Gasteiger partial charge in [0.15, 0.2) is 0 Å². The molecule has 68 valence electrons. The van der Waals surface area contributed by atoms with Gasteiger partial charge in [-0.2, -0.15) is 0 Å². The van der Waals surface area contributed by atoms with Gasteiger partial charge in [0.25, 0.3) is 0 Å². The minimum atomic E-state index is 0.182. The van der Waals surface area contributed by atoms with Gasteiger partial charge in [-0.3, -0.25) is 4.79 Å². The largest absolute Gasteiger partial charge is 0.388 e. The van der Waals surface area contributed by atoms with Crippen molar-refractivity contribution in [3.63, 3.8) is 0 Å². The van der Waals surface area contributed by atoms with E-state index in [1.165, 1.54) is 24.6 Å². The summed E-state index contributed by atoms with van der Waals surface area (Å²) in [4.78, 5) is 11.2. The molecule has 3 heteroatoms. The molecule has 0 bridgehead atoms. The van der Waals surface area contributed by atoms with Gasteiger partial charge >= 0.3 is 0 Å². The lowest BCUT2D eigenvalue weighted by molar-refractivity contribution is -0.107. The maximum atomic E-state index is 11.2. The van der Waals surface area contributed by atoms with Gasteiger partial charge < -0.3 is 5.32 Å². The minimum Gasteiger partial charge on any atom is -0.388 e. The molecular formula is C9H15NOS. The first-order valence-corrected chi connectivity index (χ1v) is 5.42. The van der Waals surface area contributed by atoms with Crippen molar-refractivity contribution in [3.05, 3.63) is 11.8 Å². The van der Waals surface area contributed by atoms with Crippen LogP contribution >= 0.6 is 11.8 Å². The maximum Gasteiger partial charge on any atom is 0.213 e. The van der Waals surface area contributed by atoms with Gasteiger partial charge in [-0.25, -0.2) is 0 Å². The summed E-state index contributed by atoms with van der Waals surface area (Å²) in [5.74, 6) is 0.864. The Labute approximate surface area is 77.8 Å². The van der Waals surface area contributed by atoms with Crippen LogP contribution in [0.3, 0.4) is 0 Å². The molecule has 1 aliphatic rings. The number of thioether (sulfide) groups is 1. The zero-order valence-electron chi connectivity index (χ0n) is 7.43. The minimum absolute atomic E-state index is 0.182. The smallest absolute Gasteiger partial charge is 0.213 e. The summed E-state index contributed by atoms with van der Waals surface area (Å²) in [7, 11) is 0. The average molecular weight is 185 g/mol. The van der Waals surface area contributed by atoms with Crippen molar-refractivity contribution in [1.82, 2.24) is 5.32 Å². The van der Waals surface area contributed by atoms with Crippen molar-refractivity contribution >= 4 is 16.9 Å². The Morgan fingerprint density at radius 3 is 3.08 bits per heavy atom. The molecule has 0 aliphatic carbocycles. The van der Waals surface area contributed by atoms with Crippen LogP contribution in [0.15, 0.2) is 11.8 Å². The van der Waals surface area contributed by atoms with Gasteiger partial charge in [0.05, 0.1) is 0 Å². The first kappa shape index (κ1) is 9.65. The van der Waals surface area contributed by atoms with Crippen LogP contribution in [0.25, 0.3) is 0 Å². The molecule has 1 fully saturated rings. The van der Waals surface area contributed by atoms with E-state index in [9.17, 15) is 4.79 Å². The van der Waals surface area contributed by atoms with E-state index in [1.54, 1.807) is 6.08 Å². The fraction of sp³-hybridized carbons (Fsp3) is 0.667. The number of hydrogen-bond donors (Lipinski definition) is 1. The highest BCUT2D eigenvalue weighted by Crippen LogP contribution is 2.12. The highest BCUT2D eigenvalue weighted by Gasteiger charge is 2.05. The molecule has 0 unspecified atom stereocenters. The van der Waals surface area contributed by atoms with Crippen LogP contribution < -0.4 is 5.32 Å². The third-order valence-electron chi connectivity index (χ3n) is 1.80. The molecule has 0 aromatic carbocycles. The molecule has 0 aromatic heterocycles. The lowest BCUT2D eigenvalue weighted by Crippen LogP contribution is -2.20. The van der Waals surface area contributed by atoms with E-state index in [2.05, 4.69) is 5.32 Å². The zero-order chi connectivity index (χ0) is 8.81. The van der Waals surface area contributed by atoms with Crippen molar-refractivity contribution < 1.29 is 4.79 Å². The van der Waals surface area contributed by atoms with Crippen LogP contribution in [0.4, 0.5) is 0 Å². The molecule has 1 saturated heterocycles. The fourth-order valence-corrected chi connectivity index (χ4v) is 1.74. The molecule has 0 atom stereocenters. The first-order valence-electron chi connectivity index (χ1n) is 4.44. The van der Waals surface area contributed by atoms with Crippen LogP contribution in [-0.2, 0) is 4.79 Å². The molecule has 0 aromatic rings. The third-order valence-corrected chi connectivity index (χ3v) is 2.49. The van der Waals surface area contributed by atoms with Crippen LogP contribution in [0.2, 0.25) is 0 Å². The molecule has 1 aliphatic heterocycles. The van der Waals surface area contributed by atoms with E-state index in [0.717, 1.165) is 24.4 Å². The molecule has 1 rings (SSSR count). The lowest BCUT2D eigenvalue weighted by atomic mass is 10.1. The van der Waals surface area contributed by atoms with Gasteiger partial charge in [-0.1, -0.05) is 18.7 Å². The van der Waals surface area contributed by atoms with E-state index >= 15 is 0 Å². The van der Waals surface area contributed by atoms with E-state index in [-0.39, 0.29) is 5.12 Å². The standard InChI is InChI=1S/C9H15NOS/c1-2-12-9(11)7-8-5-3-4-6-10-8/h7,10H,2-6H2,1H3/b8-7-. The van der Waals surface area contributed by atoms with E-state index in [1.807, 2.05) is 6.92 Å². The first-order chi connectivity index (χ1) is 5.83. The highest BCUT2D eigenvalue weighted by atomic mass is 32.2. The van der Waals surface area contributed by atoms with Crippen LogP contribution in [0, 0.1) is 0 Å². The van der Waals surface area contributed by atoms with E-state index < -0.39 is 0 Å². The van der Waals surface area contributed by atoms with Gasteiger partial charge in [0.2, 0.25) is 5.12 Å². The number of carbonyl (C=O) groups is 1. The number of carbonyl (C=O) groups excluding carboxylic acids is 1. The normalized spacial score (nSPS) is 20.6. The maximum absolute atomic E-state index is 11.2. The summed E-state index contributed by atoms with van der Waals surface area (Å²) in [5.41, 5.74) is 1.12. The highest BCUT2D eigenvalue weighted by molar-refractivity contribution is 8.14. The van der Waals surface area contributed by atoms with Gasteiger partial charge in [-0.05, 0) is 25.0 Å². The summed E-state index contributed by atoms with van der Waals surface area (Å²) in [5, 5.41) is 3.42. The Morgan fingerprint density at radius 1 is 1.67 bits per heavy atom. The number of allylic oxidation sites excluding steroid dienone is 1. The van der Waals surface area contributed by atoms with Crippen molar-refractivity contribution in [2.75, 3.05) is 12.3 Å². The molecule has 0 radical (unpaired) electrons. The molecule has 2 nitrogen and oxygen atoms in total. The molecular weight excluding hydrogens is 170 g/mol. The van der Waals surface area contributed by atoms with Crippen molar-refractivity contribution in [2.45, 2.75) is 26.2 Å². The Kier molecular flexibility index (Phi) is 4.22. The van der Waals surface area contributed by atoms with E-state index in [0.29, 0.717) is 0 Å². The second-order valence-corrected chi connectivity index (χ2v) is 4.07. The molecule has 0 amide bonds.